The van der Waals surface area contributed by atoms with Crippen molar-refractivity contribution in [3.8, 4) is 0 Å². The molecule has 1 aromatic rings. The molecule has 1 rings (SSSR count). The second kappa shape index (κ2) is 3.51. The molecule has 66 valence electrons. The van der Waals surface area contributed by atoms with Crippen molar-refractivity contribution in [3.63, 3.8) is 0 Å². The minimum Gasteiger partial charge on any atom is -0.448 e. The van der Waals surface area contributed by atoms with Gasteiger partial charge in [0.25, 0.3) is 0 Å². The molecule has 0 unspecified atom stereocenters. The van der Waals surface area contributed by atoms with Crippen LogP contribution in [0.4, 0.5) is 0 Å². The Hall–Kier alpha value is -1.13. The molecule has 12 heavy (non-hydrogen) atoms. The average Bonchev–Trinajstić information content (AvgIpc) is 1.97. The summed E-state index contributed by atoms with van der Waals surface area (Å²) in [5.41, 5.74) is -1.43. The van der Waals surface area contributed by atoms with E-state index in [-0.39, 0.29) is 27.4 Å². The van der Waals surface area contributed by atoms with Gasteiger partial charge in [0.2, 0.25) is 0 Å². The van der Waals surface area contributed by atoms with Crippen LogP contribution in [0.1, 0.15) is 5.56 Å². The van der Waals surface area contributed by atoms with Gasteiger partial charge in [-0.05, 0) is 7.05 Å². The summed E-state index contributed by atoms with van der Waals surface area (Å²) in [7, 11) is 1.25. The third-order valence-corrected chi connectivity index (χ3v) is 1.27. The Morgan fingerprint density at radius 3 is 2.50 bits per heavy atom. The number of hydrogen-bond acceptors (Lipinski definition) is 3. The van der Waals surface area contributed by atoms with Gasteiger partial charge in [-0.2, -0.15) is 0 Å². The van der Waals surface area contributed by atoms with Gasteiger partial charge >= 0.3 is 22.8 Å². The first-order valence-electron chi connectivity index (χ1n) is 2.80. The zero-order valence-corrected chi connectivity index (χ0v) is 7.32. The third-order valence-electron chi connectivity index (χ3n) is 1.27. The van der Waals surface area contributed by atoms with E-state index in [4.69, 9.17) is 5.21 Å². The normalized spacial score (nSPS) is 9.08. The summed E-state index contributed by atoms with van der Waals surface area (Å²) in [6.07, 6.45) is 2.06. The number of hydrogen-bond donors (Lipinski definition) is 1. The molecule has 0 saturated heterocycles. The zero-order chi connectivity index (χ0) is 8.59. The quantitative estimate of drug-likeness (QED) is 0.331. The van der Waals surface area contributed by atoms with Gasteiger partial charge in [-0.15, -0.1) is 0 Å². The zero-order valence-electron chi connectivity index (χ0n) is 6.22. The monoisotopic (exact) mass is 210 g/mol. The number of aromatic nitrogens is 2. The summed E-state index contributed by atoms with van der Waals surface area (Å²) in [6.45, 7) is 3.27. The minimum atomic E-state index is -0.831. The van der Waals surface area contributed by atoms with Gasteiger partial charge in [0.15, 0.2) is 0 Å². The molecule has 0 aliphatic heterocycles. The summed E-state index contributed by atoms with van der Waals surface area (Å²) in [5, 5.41) is 8.75. The summed E-state index contributed by atoms with van der Waals surface area (Å²) >= 11 is 0. The number of nitrogens with zero attached hydrogens (tertiary/aromatic N) is 2. The molecule has 0 bridgehead atoms. The predicted octanol–water partition coefficient (Wildman–Crippen LogP) is -1.24. The molecule has 0 aliphatic rings. The SMILES string of the molecule is [CH2-]c1[c-]n(O)c(=O)n(C)c1=O.[Fe+2]. The summed E-state index contributed by atoms with van der Waals surface area (Å²) in [5.74, 6) is 0. The van der Waals surface area contributed by atoms with E-state index in [1.54, 1.807) is 0 Å². The van der Waals surface area contributed by atoms with Gasteiger partial charge in [0.05, 0.1) is 0 Å². The second-order valence-corrected chi connectivity index (χ2v) is 2.05. The van der Waals surface area contributed by atoms with Crippen LogP contribution >= 0.6 is 0 Å². The van der Waals surface area contributed by atoms with Crippen molar-refractivity contribution in [2.75, 3.05) is 0 Å². The topological polar surface area (TPSA) is 64.2 Å². The number of rotatable bonds is 0. The third kappa shape index (κ3) is 1.54. The van der Waals surface area contributed by atoms with Crippen LogP contribution in [0.2, 0.25) is 0 Å². The van der Waals surface area contributed by atoms with E-state index in [2.05, 4.69) is 13.1 Å². The Bertz CT molecular complexity index is 359. The van der Waals surface area contributed by atoms with Crippen molar-refractivity contribution < 1.29 is 22.3 Å². The maximum atomic E-state index is 10.9. The fourth-order valence-corrected chi connectivity index (χ4v) is 0.655. The predicted molar refractivity (Wildman–Crippen MR) is 36.4 cm³/mol. The van der Waals surface area contributed by atoms with Gasteiger partial charge in [0, 0.05) is 5.56 Å². The van der Waals surface area contributed by atoms with Crippen LogP contribution in [0.3, 0.4) is 0 Å². The summed E-state index contributed by atoms with van der Waals surface area (Å²) < 4.78 is 0.947. The molecule has 0 radical (unpaired) electrons. The summed E-state index contributed by atoms with van der Waals surface area (Å²) in [4.78, 5) is 21.6. The van der Waals surface area contributed by atoms with Crippen LogP contribution in [0.5, 0.6) is 0 Å². The van der Waals surface area contributed by atoms with Gasteiger partial charge < -0.3 is 21.5 Å². The molecule has 5 nitrogen and oxygen atoms in total. The summed E-state index contributed by atoms with van der Waals surface area (Å²) in [6, 6.07) is 0. The van der Waals surface area contributed by atoms with Crippen LogP contribution in [0.15, 0.2) is 9.59 Å². The smallest absolute Gasteiger partial charge is 0.448 e. The van der Waals surface area contributed by atoms with Gasteiger partial charge in [0.1, 0.15) is 0 Å². The molecule has 1 heterocycles. The molecule has 0 saturated carbocycles. The van der Waals surface area contributed by atoms with Crippen molar-refractivity contribution >= 4 is 0 Å². The van der Waals surface area contributed by atoms with E-state index in [1.165, 1.54) is 7.05 Å². The van der Waals surface area contributed by atoms with Crippen molar-refractivity contribution in [1.29, 1.82) is 0 Å². The van der Waals surface area contributed by atoms with Crippen LogP contribution in [0, 0.1) is 13.1 Å². The second-order valence-electron chi connectivity index (χ2n) is 2.05. The van der Waals surface area contributed by atoms with Crippen LogP contribution in [-0.2, 0) is 24.1 Å². The molecule has 0 amide bonds. The molecule has 6 heteroatoms. The largest absolute Gasteiger partial charge is 2.00 e. The van der Waals surface area contributed by atoms with Crippen molar-refractivity contribution in [1.82, 2.24) is 9.30 Å². The van der Waals surface area contributed by atoms with Crippen molar-refractivity contribution in [3.05, 3.63) is 39.5 Å². The molecule has 0 fully saturated rings. The van der Waals surface area contributed by atoms with E-state index in [9.17, 15) is 9.59 Å². The molecule has 0 aromatic carbocycles. The first-order chi connectivity index (χ1) is 5.04. The molecule has 1 aromatic heterocycles. The van der Waals surface area contributed by atoms with Crippen LogP contribution < -0.4 is 11.2 Å². The fraction of sp³-hybridized carbons (Fsp3) is 0.167. The van der Waals surface area contributed by atoms with Gasteiger partial charge in [-0.25, -0.2) is 11.0 Å². The van der Waals surface area contributed by atoms with Gasteiger partial charge in [-0.1, -0.05) is 0 Å². The van der Waals surface area contributed by atoms with Crippen molar-refractivity contribution in [2.45, 2.75) is 0 Å². The first kappa shape index (κ1) is 10.9. The molecule has 0 atom stereocenters. The first-order valence-corrected chi connectivity index (χ1v) is 2.80. The van der Waals surface area contributed by atoms with E-state index in [0.717, 1.165) is 4.57 Å². The van der Waals surface area contributed by atoms with Crippen LogP contribution in [0.25, 0.3) is 0 Å². The van der Waals surface area contributed by atoms with Crippen molar-refractivity contribution in [2.24, 2.45) is 7.05 Å². The molecule has 0 aliphatic carbocycles. The van der Waals surface area contributed by atoms with E-state index in [1.807, 2.05) is 0 Å². The maximum absolute atomic E-state index is 10.9. The Labute approximate surface area is 78.7 Å². The molecule has 1 N–H and O–H groups in total. The molecular weight excluding hydrogens is 204 g/mol. The van der Waals surface area contributed by atoms with E-state index < -0.39 is 11.2 Å². The maximum Gasteiger partial charge on any atom is 2.00 e. The Morgan fingerprint density at radius 2 is 2.00 bits per heavy atom. The standard InChI is InChI=1S/C6H6N2O3.Fe/c1-4-3-8(11)6(10)7(2)5(4)9;/h11H,1H2,2H3;/q-2;+2. The molecular formula is C6H6FeN2O3. The molecule has 0 spiro atoms. The van der Waals surface area contributed by atoms with E-state index in [0.29, 0.717) is 0 Å². The Kier molecular flexibility index (Phi) is 3.18. The van der Waals surface area contributed by atoms with Gasteiger partial charge in [-0.3, -0.25) is 10.3 Å². The fourth-order valence-electron chi connectivity index (χ4n) is 0.655. The minimum absolute atomic E-state index is 0. The Balaban J connectivity index is 0.00000121. The average molecular weight is 210 g/mol. The van der Waals surface area contributed by atoms with E-state index >= 15 is 0 Å². The Morgan fingerprint density at radius 1 is 1.50 bits per heavy atom. The van der Waals surface area contributed by atoms with Crippen LogP contribution in [-0.4, -0.2) is 14.5 Å².